The lowest BCUT2D eigenvalue weighted by Gasteiger charge is -2.22. The molecule has 2 rings (SSSR count). The molecule has 0 atom stereocenters. The van der Waals surface area contributed by atoms with Crippen LogP contribution < -0.4 is 4.90 Å². The number of halogens is 1. The van der Waals surface area contributed by atoms with Gasteiger partial charge in [-0.05, 0) is 40.2 Å². The summed E-state index contributed by atoms with van der Waals surface area (Å²) in [5.74, 6) is -1.29. The Morgan fingerprint density at radius 3 is 2.48 bits per heavy atom. The Kier molecular flexibility index (Phi) is 5.05. The number of pyridine rings is 1. The van der Waals surface area contributed by atoms with Crippen LogP contribution >= 0.6 is 15.9 Å². The van der Waals surface area contributed by atoms with E-state index in [1.807, 2.05) is 6.07 Å². The summed E-state index contributed by atoms with van der Waals surface area (Å²) in [4.78, 5) is 28.9. The number of hydrogen-bond acceptors (Lipinski definition) is 3. The van der Waals surface area contributed by atoms with Crippen molar-refractivity contribution < 1.29 is 14.7 Å². The number of aromatic nitrogens is 1. The molecule has 108 valence electrons. The largest absolute Gasteiger partial charge is 0.481 e. The third-order valence-corrected chi connectivity index (χ3v) is 3.46. The van der Waals surface area contributed by atoms with Crippen molar-refractivity contribution in [3.05, 3.63) is 58.8 Å². The number of para-hydroxylation sites is 1. The summed E-state index contributed by atoms with van der Waals surface area (Å²) in [5.41, 5.74) is 0.896. The van der Waals surface area contributed by atoms with Gasteiger partial charge >= 0.3 is 5.97 Å². The number of carbonyl (C=O) groups excluding carboxylic acids is 1. The first-order valence-corrected chi connectivity index (χ1v) is 7.08. The molecule has 6 heteroatoms. The molecular weight excluding hydrogens is 336 g/mol. The van der Waals surface area contributed by atoms with E-state index in [9.17, 15) is 9.59 Å². The van der Waals surface area contributed by atoms with Gasteiger partial charge in [0.15, 0.2) is 0 Å². The number of benzene rings is 1. The van der Waals surface area contributed by atoms with Crippen LogP contribution in [0.25, 0.3) is 0 Å². The van der Waals surface area contributed by atoms with Crippen LogP contribution in [-0.2, 0) is 4.79 Å². The number of amides is 1. The highest BCUT2D eigenvalue weighted by atomic mass is 79.9. The minimum absolute atomic E-state index is 0.0845. The van der Waals surface area contributed by atoms with Crippen molar-refractivity contribution in [2.45, 2.75) is 6.42 Å². The van der Waals surface area contributed by atoms with Gasteiger partial charge in [-0.25, -0.2) is 4.98 Å². The Hall–Kier alpha value is -2.21. The predicted octanol–water partition coefficient (Wildman–Crippen LogP) is 2.97. The molecule has 0 radical (unpaired) electrons. The monoisotopic (exact) mass is 348 g/mol. The average Bonchev–Trinajstić information content (AvgIpc) is 2.48. The first-order chi connectivity index (χ1) is 10.1. The Bertz CT molecular complexity index is 646. The molecule has 0 saturated heterocycles. The maximum Gasteiger partial charge on any atom is 0.305 e. The molecule has 0 aliphatic carbocycles. The molecule has 1 N–H and O–H groups in total. The molecular formula is C15H13BrN2O3. The second kappa shape index (κ2) is 6.99. The molecule has 0 fully saturated rings. The summed E-state index contributed by atoms with van der Waals surface area (Å²) >= 11 is 3.29. The summed E-state index contributed by atoms with van der Waals surface area (Å²) in [6.45, 7) is 0.0845. The molecule has 1 aromatic carbocycles. The van der Waals surface area contributed by atoms with E-state index >= 15 is 0 Å². The highest BCUT2D eigenvalue weighted by Crippen LogP contribution is 2.20. The SMILES string of the molecule is O=C(O)CCN(C(=O)c1ncccc1Br)c1ccccc1. The van der Waals surface area contributed by atoms with Gasteiger partial charge in [-0.1, -0.05) is 18.2 Å². The molecule has 1 heterocycles. The third-order valence-electron chi connectivity index (χ3n) is 2.82. The second-order valence-corrected chi connectivity index (χ2v) is 5.12. The number of carboxylic acids is 1. The standard InChI is InChI=1S/C15H13BrN2O3/c16-12-7-4-9-17-14(12)15(21)18(10-8-13(19)20)11-5-2-1-3-6-11/h1-7,9H,8,10H2,(H,19,20). The lowest BCUT2D eigenvalue weighted by atomic mass is 10.2. The van der Waals surface area contributed by atoms with E-state index in [0.717, 1.165) is 0 Å². The summed E-state index contributed by atoms with van der Waals surface area (Å²) in [5, 5.41) is 8.85. The Labute approximate surface area is 130 Å². The zero-order valence-electron chi connectivity index (χ0n) is 11.1. The van der Waals surface area contributed by atoms with E-state index in [1.54, 1.807) is 36.4 Å². The molecule has 1 amide bonds. The number of aliphatic carboxylic acids is 1. The van der Waals surface area contributed by atoms with E-state index in [0.29, 0.717) is 10.2 Å². The van der Waals surface area contributed by atoms with Gasteiger partial charge in [0.25, 0.3) is 5.91 Å². The van der Waals surface area contributed by atoms with Crippen molar-refractivity contribution in [1.29, 1.82) is 0 Å². The van der Waals surface area contributed by atoms with Crippen molar-refractivity contribution in [2.24, 2.45) is 0 Å². The zero-order chi connectivity index (χ0) is 15.2. The second-order valence-electron chi connectivity index (χ2n) is 4.27. The number of nitrogens with zero attached hydrogens (tertiary/aromatic N) is 2. The van der Waals surface area contributed by atoms with Gasteiger partial charge in [-0.15, -0.1) is 0 Å². The highest BCUT2D eigenvalue weighted by molar-refractivity contribution is 9.10. The molecule has 21 heavy (non-hydrogen) atoms. The quantitative estimate of drug-likeness (QED) is 0.901. The number of hydrogen-bond donors (Lipinski definition) is 1. The summed E-state index contributed by atoms with van der Waals surface area (Å²) in [6, 6.07) is 12.4. The van der Waals surface area contributed by atoms with Crippen molar-refractivity contribution >= 4 is 33.5 Å². The molecule has 0 saturated carbocycles. The first-order valence-electron chi connectivity index (χ1n) is 6.29. The van der Waals surface area contributed by atoms with Crippen LogP contribution in [0.1, 0.15) is 16.9 Å². The fourth-order valence-electron chi connectivity index (χ4n) is 1.83. The summed E-state index contributed by atoms with van der Waals surface area (Å²) < 4.78 is 0.575. The maximum atomic E-state index is 12.6. The molecule has 1 aromatic heterocycles. The van der Waals surface area contributed by atoms with Crippen molar-refractivity contribution in [1.82, 2.24) is 4.98 Å². The Balaban J connectivity index is 2.33. The minimum Gasteiger partial charge on any atom is -0.481 e. The molecule has 0 aliphatic rings. The van der Waals surface area contributed by atoms with E-state index in [-0.39, 0.29) is 24.6 Å². The van der Waals surface area contributed by atoms with Gasteiger partial charge in [-0.3, -0.25) is 9.59 Å². The molecule has 5 nitrogen and oxygen atoms in total. The van der Waals surface area contributed by atoms with E-state index in [4.69, 9.17) is 5.11 Å². The molecule has 0 unspecified atom stereocenters. The lowest BCUT2D eigenvalue weighted by Crippen LogP contribution is -2.33. The minimum atomic E-state index is -0.955. The van der Waals surface area contributed by atoms with Crippen LogP contribution in [0.5, 0.6) is 0 Å². The number of anilines is 1. The van der Waals surface area contributed by atoms with Gasteiger partial charge in [0.2, 0.25) is 0 Å². The molecule has 2 aromatic rings. The normalized spacial score (nSPS) is 10.1. The Morgan fingerprint density at radius 1 is 1.14 bits per heavy atom. The van der Waals surface area contributed by atoms with Crippen molar-refractivity contribution in [2.75, 3.05) is 11.4 Å². The van der Waals surface area contributed by atoms with Gasteiger partial charge in [-0.2, -0.15) is 0 Å². The van der Waals surface area contributed by atoms with Crippen molar-refractivity contribution in [3.63, 3.8) is 0 Å². The summed E-state index contributed by atoms with van der Waals surface area (Å²) in [7, 11) is 0. The van der Waals surface area contributed by atoms with Crippen LogP contribution in [0, 0.1) is 0 Å². The van der Waals surface area contributed by atoms with Gasteiger partial charge < -0.3 is 10.0 Å². The first kappa shape index (κ1) is 15.2. The van der Waals surface area contributed by atoms with Crippen LogP contribution in [0.3, 0.4) is 0 Å². The van der Waals surface area contributed by atoms with E-state index < -0.39 is 5.97 Å². The maximum absolute atomic E-state index is 12.6. The smallest absolute Gasteiger partial charge is 0.305 e. The molecule has 0 spiro atoms. The topological polar surface area (TPSA) is 70.5 Å². The average molecular weight is 349 g/mol. The van der Waals surface area contributed by atoms with Gasteiger partial charge in [0.1, 0.15) is 5.69 Å². The third kappa shape index (κ3) is 3.88. The van der Waals surface area contributed by atoms with E-state index in [1.165, 1.54) is 11.1 Å². The Morgan fingerprint density at radius 2 is 1.86 bits per heavy atom. The fourth-order valence-corrected chi connectivity index (χ4v) is 2.26. The van der Waals surface area contributed by atoms with Crippen molar-refractivity contribution in [3.8, 4) is 0 Å². The van der Waals surface area contributed by atoms with Crippen LogP contribution in [0.2, 0.25) is 0 Å². The molecule has 0 aliphatic heterocycles. The van der Waals surface area contributed by atoms with Crippen LogP contribution in [-0.4, -0.2) is 28.5 Å². The van der Waals surface area contributed by atoms with Gasteiger partial charge in [0.05, 0.1) is 6.42 Å². The fraction of sp³-hybridized carbons (Fsp3) is 0.133. The van der Waals surface area contributed by atoms with Crippen LogP contribution in [0.15, 0.2) is 53.1 Å². The number of carboxylic acid groups (broad SMARTS) is 1. The number of rotatable bonds is 5. The van der Waals surface area contributed by atoms with Crippen LogP contribution in [0.4, 0.5) is 5.69 Å². The lowest BCUT2D eigenvalue weighted by molar-refractivity contribution is -0.136. The van der Waals surface area contributed by atoms with E-state index in [2.05, 4.69) is 20.9 Å². The molecule has 0 bridgehead atoms. The highest BCUT2D eigenvalue weighted by Gasteiger charge is 2.21. The summed E-state index contributed by atoms with van der Waals surface area (Å²) in [6.07, 6.45) is 1.39. The zero-order valence-corrected chi connectivity index (χ0v) is 12.7. The van der Waals surface area contributed by atoms with Gasteiger partial charge in [0, 0.05) is 22.9 Å². The number of carbonyl (C=O) groups is 2. The predicted molar refractivity (Wildman–Crippen MR) is 82.3 cm³/mol.